The van der Waals surface area contributed by atoms with Crippen molar-refractivity contribution in [2.75, 3.05) is 11.9 Å². The molecule has 0 aliphatic carbocycles. The molecule has 1 aromatic heterocycles. The van der Waals surface area contributed by atoms with Gasteiger partial charge in [-0.25, -0.2) is 4.39 Å². The van der Waals surface area contributed by atoms with E-state index in [0.29, 0.717) is 5.56 Å². The number of aromatic nitrogens is 4. The molecular weight excluding hydrogens is 363 g/mol. The second kappa shape index (κ2) is 8.38. The number of carbonyl (C=O) groups is 2. The first-order valence-corrected chi connectivity index (χ1v) is 8.59. The fraction of sp³-hybridized carbons (Fsp3) is 0.211. The largest absolute Gasteiger partial charge is 0.345 e. The first kappa shape index (κ1) is 19.2. The molecule has 8 nitrogen and oxygen atoms in total. The molecule has 0 fully saturated rings. The second-order valence-corrected chi connectivity index (χ2v) is 6.25. The van der Waals surface area contributed by atoms with Crippen molar-refractivity contribution in [1.82, 2.24) is 25.5 Å². The Labute approximate surface area is 160 Å². The van der Waals surface area contributed by atoms with Crippen LogP contribution in [0.25, 0.3) is 11.4 Å². The third-order valence-electron chi connectivity index (χ3n) is 4.01. The zero-order chi connectivity index (χ0) is 20.1. The van der Waals surface area contributed by atoms with Gasteiger partial charge in [-0.3, -0.25) is 9.59 Å². The molecule has 2 aromatic carbocycles. The highest BCUT2D eigenvalue weighted by atomic mass is 19.1. The molecule has 1 heterocycles. The van der Waals surface area contributed by atoms with E-state index in [1.807, 2.05) is 32.0 Å². The van der Waals surface area contributed by atoms with Crippen LogP contribution in [0.15, 0.2) is 42.5 Å². The Kier molecular flexibility index (Phi) is 5.73. The maximum atomic E-state index is 13.3. The number of tetrazole rings is 1. The normalized spacial score (nSPS) is 10.5. The molecule has 3 aromatic rings. The van der Waals surface area contributed by atoms with Gasteiger partial charge in [0.25, 0.3) is 0 Å². The van der Waals surface area contributed by atoms with Gasteiger partial charge in [0, 0.05) is 11.3 Å². The van der Waals surface area contributed by atoms with Gasteiger partial charge in [0.1, 0.15) is 12.4 Å². The number of nitrogens with one attached hydrogen (secondary N) is 2. The predicted molar refractivity (Wildman–Crippen MR) is 101 cm³/mol. The van der Waals surface area contributed by atoms with Gasteiger partial charge in [-0.2, -0.15) is 4.80 Å². The van der Waals surface area contributed by atoms with E-state index in [-0.39, 0.29) is 24.8 Å². The Bertz CT molecular complexity index is 997. The van der Waals surface area contributed by atoms with Crippen LogP contribution in [0.5, 0.6) is 0 Å². The summed E-state index contributed by atoms with van der Waals surface area (Å²) in [6.45, 7) is 3.40. The lowest BCUT2D eigenvalue weighted by atomic mass is 10.1. The van der Waals surface area contributed by atoms with Gasteiger partial charge in [-0.05, 0) is 42.3 Å². The summed E-state index contributed by atoms with van der Waals surface area (Å²) in [6, 6.07) is 11.5. The number of hydrogen-bond donors (Lipinski definition) is 2. The van der Waals surface area contributed by atoms with Crippen LogP contribution in [-0.2, 0) is 16.1 Å². The van der Waals surface area contributed by atoms with Crippen molar-refractivity contribution in [3.8, 4) is 11.4 Å². The van der Waals surface area contributed by atoms with Gasteiger partial charge in [0.05, 0.1) is 6.54 Å². The fourth-order valence-corrected chi connectivity index (χ4v) is 2.61. The summed E-state index contributed by atoms with van der Waals surface area (Å²) in [5.74, 6) is -0.987. The number of nitrogens with zero attached hydrogens (tertiary/aromatic N) is 4. The summed E-state index contributed by atoms with van der Waals surface area (Å²) in [7, 11) is 0. The lowest BCUT2D eigenvalue weighted by Crippen LogP contribution is -2.35. The molecular formula is C19H19FN6O2. The Balaban J connectivity index is 1.53. The van der Waals surface area contributed by atoms with E-state index in [9.17, 15) is 14.0 Å². The van der Waals surface area contributed by atoms with E-state index in [1.165, 1.54) is 18.2 Å². The zero-order valence-corrected chi connectivity index (χ0v) is 15.4. The molecule has 0 bridgehead atoms. The monoisotopic (exact) mass is 382 g/mol. The van der Waals surface area contributed by atoms with Gasteiger partial charge in [0.15, 0.2) is 0 Å². The topological polar surface area (TPSA) is 102 Å². The van der Waals surface area contributed by atoms with Crippen LogP contribution in [0.1, 0.15) is 11.1 Å². The minimum atomic E-state index is -0.445. The maximum Gasteiger partial charge on any atom is 0.244 e. The molecule has 9 heteroatoms. The van der Waals surface area contributed by atoms with Crippen molar-refractivity contribution < 1.29 is 14.0 Å². The average molecular weight is 382 g/mol. The number of hydrogen-bond acceptors (Lipinski definition) is 5. The standard InChI is InChI=1S/C19H19FN6O2/c1-12-5-3-6-13(2)18(12)22-16(27)10-21-17(28)11-26-24-19(23-25-26)14-7-4-8-15(20)9-14/h3-9H,10-11H2,1-2H3,(H,21,28)(H,22,27). The highest BCUT2D eigenvalue weighted by Gasteiger charge is 2.12. The Morgan fingerprint density at radius 2 is 1.79 bits per heavy atom. The highest BCUT2D eigenvalue weighted by Crippen LogP contribution is 2.19. The molecule has 0 radical (unpaired) electrons. The third kappa shape index (κ3) is 4.76. The van der Waals surface area contributed by atoms with Gasteiger partial charge < -0.3 is 10.6 Å². The fourth-order valence-electron chi connectivity index (χ4n) is 2.61. The first-order valence-electron chi connectivity index (χ1n) is 8.59. The smallest absolute Gasteiger partial charge is 0.244 e. The number of aryl methyl sites for hydroxylation is 2. The molecule has 144 valence electrons. The van der Waals surface area contributed by atoms with Crippen LogP contribution < -0.4 is 10.6 Å². The van der Waals surface area contributed by atoms with Crippen molar-refractivity contribution >= 4 is 17.5 Å². The summed E-state index contributed by atoms with van der Waals surface area (Å²) < 4.78 is 13.3. The van der Waals surface area contributed by atoms with Gasteiger partial charge in [-0.1, -0.05) is 30.3 Å². The first-order chi connectivity index (χ1) is 13.4. The molecule has 2 N–H and O–H groups in total. The predicted octanol–water partition coefficient (Wildman–Crippen LogP) is 1.85. The van der Waals surface area contributed by atoms with Crippen LogP contribution in [0.2, 0.25) is 0 Å². The molecule has 0 spiro atoms. The van der Waals surface area contributed by atoms with Gasteiger partial charge in [0.2, 0.25) is 17.6 Å². The molecule has 0 aliphatic rings. The lowest BCUT2D eigenvalue weighted by molar-refractivity contribution is -0.124. The minimum absolute atomic E-state index is 0.182. The molecule has 0 atom stereocenters. The quantitative estimate of drug-likeness (QED) is 0.677. The molecule has 0 saturated carbocycles. The summed E-state index contributed by atoms with van der Waals surface area (Å²) in [6.07, 6.45) is 0. The van der Waals surface area contributed by atoms with Crippen LogP contribution in [0.3, 0.4) is 0 Å². The minimum Gasteiger partial charge on any atom is -0.345 e. The lowest BCUT2D eigenvalue weighted by Gasteiger charge is -2.11. The molecule has 0 saturated heterocycles. The zero-order valence-electron chi connectivity index (χ0n) is 15.4. The second-order valence-electron chi connectivity index (χ2n) is 6.25. The number of amides is 2. The van der Waals surface area contributed by atoms with Crippen LogP contribution in [-0.4, -0.2) is 38.6 Å². The SMILES string of the molecule is Cc1cccc(C)c1NC(=O)CNC(=O)Cn1nnc(-c2cccc(F)c2)n1. The number of anilines is 1. The van der Waals surface area contributed by atoms with E-state index in [1.54, 1.807) is 6.07 Å². The summed E-state index contributed by atoms with van der Waals surface area (Å²) in [5.41, 5.74) is 3.08. The highest BCUT2D eigenvalue weighted by molar-refractivity contribution is 5.95. The van der Waals surface area contributed by atoms with Crippen molar-refractivity contribution in [2.24, 2.45) is 0 Å². The van der Waals surface area contributed by atoms with Crippen molar-refractivity contribution in [1.29, 1.82) is 0 Å². The van der Waals surface area contributed by atoms with E-state index in [0.717, 1.165) is 21.6 Å². The van der Waals surface area contributed by atoms with Crippen molar-refractivity contribution in [3.05, 3.63) is 59.4 Å². The number of rotatable bonds is 6. The number of para-hydroxylation sites is 1. The van der Waals surface area contributed by atoms with Gasteiger partial charge >= 0.3 is 0 Å². The molecule has 2 amide bonds. The molecule has 0 unspecified atom stereocenters. The van der Waals surface area contributed by atoms with Gasteiger partial charge in [-0.15, -0.1) is 10.2 Å². The summed E-state index contributed by atoms with van der Waals surface area (Å²) in [5, 5.41) is 16.9. The Morgan fingerprint density at radius 1 is 1.07 bits per heavy atom. The number of halogens is 1. The van der Waals surface area contributed by atoms with E-state index < -0.39 is 11.7 Å². The third-order valence-corrected chi connectivity index (χ3v) is 4.01. The van der Waals surface area contributed by atoms with Crippen LogP contribution in [0, 0.1) is 19.7 Å². The van der Waals surface area contributed by atoms with E-state index in [4.69, 9.17) is 0 Å². The van der Waals surface area contributed by atoms with E-state index in [2.05, 4.69) is 26.0 Å². The number of benzene rings is 2. The summed E-state index contributed by atoms with van der Waals surface area (Å²) >= 11 is 0. The number of carbonyl (C=O) groups excluding carboxylic acids is 2. The van der Waals surface area contributed by atoms with Crippen LogP contribution in [0.4, 0.5) is 10.1 Å². The Morgan fingerprint density at radius 3 is 2.50 bits per heavy atom. The molecule has 28 heavy (non-hydrogen) atoms. The van der Waals surface area contributed by atoms with Crippen LogP contribution >= 0.6 is 0 Å². The van der Waals surface area contributed by atoms with Crippen molar-refractivity contribution in [3.63, 3.8) is 0 Å². The Hall–Kier alpha value is -3.62. The molecule has 3 rings (SSSR count). The molecule has 0 aliphatic heterocycles. The summed E-state index contributed by atoms with van der Waals surface area (Å²) in [4.78, 5) is 25.2. The van der Waals surface area contributed by atoms with Crippen molar-refractivity contribution in [2.45, 2.75) is 20.4 Å². The average Bonchev–Trinajstić information content (AvgIpc) is 3.12. The maximum absolute atomic E-state index is 13.3. The van der Waals surface area contributed by atoms with E-state index >= 15 is 0 Å².